The molecule has 9 heteroatoms. The molecule has 206 valence electrons. The topological polar surface area (TPSA) is 109 Å². The number of nitrogens with zero attached hydrogens (tertiary/aromatic N) is 1. The number of allylic oxidation sites excluding steroid dienone is 1. The molecule has 37 heavy (non-hydrogen) atoms. The van der Waals surface area contributed by atoms with E-state index >= 15 is 0 Å². The van der Waals surface area contributed by atoms with Crippen molar-refractivity contribution >= 4 is 17.9 Å². The van der Waals surface area contributed by atoms with E-state index in [4.69, 9.17) is 19.3 Å². The van der Waals surface area contributed by atoms with Gasteiger partial charge in [-0.3, -0.25) is 14.2 Å². The second kappa shape index (κ2) is 10.9. The number of aliphatic carboxylic acids is 1. The highest BCUT2D eigenvalue weighted by Crippen LogP contribution is 2.45. The second-order valence-electron chi connectivity index (χ2n) is 11.6. The predicted molar refractivity (Wildman–Crippen MR) is 137 cm³/mol. The molecule has 2 fully saturated rings. The summed E-state index contributed by atoms with van der Waals surface area (Å²) >= 11 is 0. The zero-order valence-corrected chi connectivity index (χ0v) is 22.4. The molecule has 7 atom stereocenters. The maximum Gasteiger partial charge on any atom is 0.350 e. The average Bonchev–Trinajstić information content (AvgIpc) is 3.15. The van der Waals surface area contributed by atoms with Gasteiger partial charge in [-0.15, -0.1) is 0 Å². The summed E-state index contributed by atoms with van der Waals surface area (Å²) in [4.78, 5) is 24.4. The van der Waals surface area contributed by atoms with Gasteiger partial charge in [0.05, 0.1) is 30.9 Å². The number of rotatable bonds is 8. The lowest BCUT2D eigenvalue weighted by atomic mass is 9.80. The minimum Gasteiger partial charge on any atom is -0.481 e. The van der Waals surface area contributed by atoms with E-state index < -0.39 is 23.3 Å². The molecule has 0 unspecified atom stereocenters. The zero-order valence-electron chi connectivity index (χ0n) is 22.4. The van der Waals surface area contributed by atoms with Crippen LogP contribution in [0.4, 0.5) is 0 Å². The van der Waals surface area contributed by atoms with Crippen LogP contribution >= 0.6 is 0 Å². The molecule has 0 aliphatic carbocycles. The third kappa shape index (κ3) is 5.39. The molecule has 0 saturated carbocycles. The molecule has 5 aliphatic heterocycles. The van der Waals surface area contributed by atoms with Gasteiger partial charge in [-0.2, -0.15) is 0 Å². The van der Waals surface area contributed by atoms with Gasteiger partial charge in [0.15, 0.2) is 11.6 Å². The van der Waals surface area contributed by atoms with E-state index in [0.717, 1.165) is 70.2 Å². The monoisotopic (exact) mass is 518 g/mol. The number of guanidine groups is 1. The van der Waals surface area contributed by atoms with Gasteiger partial charge in [0.2, 0.25) is 5.72 Å². The van der Waals surface area contributed by atoms with Crippen molar-refractivity contribution in [3.8, 4) is 0 Å². The van der Waals surface area contributed by atoms with E-state index in [-0.39, 0.29) is 30.6 Å². The quantitative estimate of drug-likeness (QED) is 0.194. The van der Waals surface area contributed by atoms with Gasteiger partial charge >= 0.3 is 17.9 Å². The first-order valence-corrected chi connectivity index (χ1v) is 14.5. The summed E-state index contributed by atoms with van der Waals surface area (Å²) in [5, 5.41) is 16.3. The molecular weight excluding hydrogens is 474 g/mol. The fraction of sp³-hybridized carbons (Fsp3) is 0.821. The van der Waals surface area contributed by atoms with E-state index in [9.17, 15) is 9.59 Å². The second-order valence-corrected chi connectivity index (χ2v) is 11.6. The van der Waals surface area contributed by atoms with Crippen molar-refractivity contribution in [2.75, 3.05) is 6.61 Å². The number of carbonyl (C=O) groups excluding carboxylic acids is 1. The smallest absolute Gasteiger partial charge is 0.350 e. The Morgan fingerprint density at radius 2 is 2.03 bits per heavy atom. The molecule has 0 amide bonds. The van der Waals surface area contributed by atoms with E-state index in [2.05, 4.69) is 41.2 Å². The molecule has 0 bridgehead atoms. The fourth-order valence-electron chi connectivity index (χ4n) is 7.21. The minimum absolute atomic E-state index is 0.0155. The summed E-state index contributed by atoms with van der Waals surface area (Å²) in [5.41, 5.74) is -1.23. The summed E-state index contributed by atoms with van der Waals surface area (Å²) < 4.78 is 21.6. The lowest BCUT2D eigenvalue weighted by Gasteiger charge is -2.50. The normalized spacial score (nSPS) is 38.6. The number of carbonyl (C=O) groups is 2. The number of ether oxygens (including phenoxy) is 3. The Kier molecular flexibility index (Phi) is 7.82. The summed E-state index contributed by atoms with van der Waals surface area (Å²) in [6.45, 7) is 4.56. The maximum absolute atomic E-state index is 13.7. The summed E-state index contributed by atoms with van der Waals surface area (Å²) in [7, 11) is 0. The van der Waals surface area contributed by atoms with Crippen LogP contribution in [0, 0.1) is 5.92 Å². The van der Waals surface area contributed by atoms with Gasteiger partial charge in [0.25, 0.3) is 0 Å². The Labute approximate surface area is 220 Å². The largest absolute Gasteiger partial charge is 0.481 e. The first-order valence-electron chi connectivity index (χ1n) is 14.5. The van der Waals surface area contributed by atoms with Crippen LogP contribution in [0.2, 0.25) is 0 Å². The minimum atomic E-state index is -0.803. The molecule has 3 N–H and O–H groups in total. The third-order valence-corrected chi connectivity index (χ3v) is 8.88. The Bertz CT molecular complexity index is 937. The molecule has 9 nitrogen and oxygen atoms in total. The van der Waals surface area contributed by atoms with Crippen LogP contribution in [0.1, 0.15) is 97.3 Å². The number of hydrogen-bond acceptors (Lipinski definition) is 7. The van der Waals surface area contributed by atoms with Crippen LogP contribution in [0.25, 0.3) is 0 Å². The molecule has 2 spiro atoms. The highest BCUT2D eigenvalue weighted by Gasteiger charge is 2.64. The number of esters is 1. The molecule has 5 aliphatic rings. The Morgan fingerprint density at radius 1 is 1.16 bits per heavy atom. The van der Waals surface area contributed by atoms with Crippen molar-refractivity contribution in [3.05, 3.63) is 12.2 Å². The van der Waals surface area contributed by atoms with Crippen molar-refractivity contribution in [2.24, 2.45) is 5.92 Å². The maximum atomic E-state index is 13.7. The number of unbranched alkanes of at least 4 members (excludes halogenated alkanes) is 2. The summed E-state index contributed by atoms with van der Waals surface area (Å²) in [6, 6.07) is 0.316. The third-order valence-electron chi connectivity index (χ3n) is 8.88. The predicted octanol–water partition coefficient (Wildman–Crippen LogP) is 3.41. The van der Waals surface area contributed by atoms with Gasteiger partial charge in [-0.25, -0.2) is 10.6 Å². The van der Waals surface area contributed by atoms with E-state index in [0.29, 0.717) is 25.5 Å². The van der Waals surface area contributed by atoms with Gasteiger partial charge in [-0.05, 0) is 64.7 Å². The number of carboxylic acid groups (broad SMARTS) is 1. The van der Waals surface area contributed by atoms with E-state index in [1.165, 1.54) is 0 Å². The van der Waals surface area contributed by atoms with E-state index in [1.54, 1.807) is 0 Å². The number of carboxylic acids is 1. The first-order chi connectivity index (χ1) is 17.8. The van der Waals surface area contributed by atoms with Gasteiger partial charge < -0.3 is 19.3 Å². The van der Waals surface area contributed by atoms with Crippen LogP contribution in [-0.2, 0) is 23.8 Å². The fourth-order valence-corrected chi connectivity index (χ4v) is 7.21. The Balaban J connectivity index is 1.36. The zero-order chi connectivity index (χ0) is 26.0. The van der Waals surface area contributed by atoms with Crippen molar-refractivity contribution in [1.82, 2.24) is 10.6 Å². The van der Waals surface area contributed by atoms with Gasteiger partial charge in [0.1, 0.15) is 0 Å². The molecule has 5 rings (SSSR count). The molecular formula is C28H44N3O6+. The van der Waals surface area contributed by atoms with Crippen LogP contribution < -0.4 is 10.6 Å². The molecule has 5 heterocycles. The molecule has 2 saturated heterocycles. The van der Waals surface area contributed by atoms with Crippen LogP contribution in [0.15, 0.2) is 12.2 Å². The Hall–Kier alpha value is -2.13. The summed E-state index contributed by atoms with van der Waals surface area (Å²) in [5.74, 6) is -0.460. The van der Waals surface area contributed by atoms with Crippen molar-refractivity contribution in [3.63, 3.8) is 0 Å². The molecule has 0 aromatic carbocycles. The van der Waals surface area contributed by atoms with Crippen LogP contribution in [-0.4, -0.2) is 69.9 Å². The lowest BCUT2D eigenvalue weighted by molar-refractivity contribution is -0.609. The highest BCUT2D eigenvalue weighted by atomic mass is 16.6. The van der Waals surface area contributed by atoms with E-state index in [1.807, 2.05) is 0 Å². The highest BCUT2D eigenvalue weighted by molar-refractivity contribution is 5.82. The first kappa shape index (κ1) is 26.5. The van der Waals surface area contributed by atoms with Crippen molar-refractivity contribution < 1.29 is 33.5 Å². The lowest BCUT2D eigenvalue weighted by Crippen LogP contribution is -2.76. The SMILES string of the molecule is CC[C@H]1C=CCC[C@@]2(C[C@@H]3CC[C@@H]4[C@H](C(=O)OCCCCCC(=O)O)[C@]5(CCC[C@@H](C)O5)NC(=[N+]34)N2)O1. The number of hydrogen-bond donors (Lipinski definition) is 3. The number of nitrogens with one attached hydrogen (secondary N) is 2. The van der Waals surface area contributed by atoms with Crippen molar-refractivity contribution in [1.29, 1.82) is 0 Å². The standard InChI is InChI=1S/C28H43N3O6/c1-3-21-11-6-7-15-27(37-21)18-20-13-14-22-24(25(34)35-17-8-4-5-12-23(32)33)28(16-9-10-19(2)36-28)30-26(29-27)31(20)22/h6,11,19-22,24H,3-5,7-10,12-18H2,1-2H3,(H2,29,30,32,33)/p+1/t19-,20+,21+,22-,24-,27+,28-/m1/s1. The van der Waals surface area contributed by atoms with Crippen LogP contribution in [0.5, 0.6) is 0 Å². The molecule has 0 aromatic rings. The van der Waals surface area contributed by atoms with Crippen molar-refractivity contribution in [2.45, 2.75) is 133 Å². The van der Waals surface area contributed by atoms with Gasteiger partial charge in [-0.1, -0.05) is 19.1 Å². The average molecular weight is 519 g/mol. The Morgan fingerprint density at radius 3 is 2.81 bits per heavy atom. The van der Waals surface area contributed by atoms with Gasteiger partial charge in [0, 0.05) is 25.7 Å². The molecule has 0 radical (unpaired) electrons. The molecule has 0 aromatic heterocycles. The van der Waals surface area contributed by atoms with Crippen LogP contribution in [0.3, 0.4) is 0 Å². The summed E-state index contributed by atoms with van der Waals surface area (Å²) in [6.07, 6.45) is 15.1.